The number of likely N-dealkylation sites (tertiary alicyclic amines) is 1. The molecular formula is C16H30N2O3. The summed E-state index contributed by atoms with van der Waals surface area (Å²) < 4.78 is 5.44. The molecule has 0 aromatic carbocycles. The molecule has 2 atom stereocenters. The zero-order valence-corrected chi connectivity index (χ0v) is 13.6. The highest BCUT2D eigenvalue weighted by molar-refractivity contribution is 5.69. The number of carbonyl (C=O) groups is 1. The van der Waals surface area contributed by atoms with Gasteiger partial charge in [-0.05, 0) is 39.5 Å². The minimum atomic E-state index is -0.503. The molecule has 5 heteroatoms. The summed E-state index contributed by atoms with van der Waals surface area (Å²) in [6.07, 6.45) is 5.57. The molecule has 2 fully saturated rings. The predicted molar refractivity (Wildman–Crippen MR) is 81.9 cm³/mol. The second kappa shape index (κ2) is 6.13. The van der Waals surface area contributed by atoms with E-state index in [9.17, 15) is 9.90 Å². The number of aliphatic hydroxyl groups excluding tert-OH is 1. The first-order valence-electron chi connectivity index (χ1n) is 8.14. The molecule has 0 bridgehead atoms. The summed E-state index contributed by atoms with van der Waals surface area (Å²) in [4.78, 5) is 13.9. The first-order valence-corrected chi connectivity index (χ1v) is 8.14. The second-order valence-corrected chi connectivity index (χ2v) is 7.69. The first kappa shape index (κ1) is 16.6. The summed E-state index contributed by atoms with van der Waals surface area (Å²) in [5.74, 6) is 0.351. The molecule has 0 unspecified atom stereocenters. The predicted octanol–water partition coefficient (Wildman–Crippen LogP) is 2.12. The van der Waals surface area contributed by atoms with Gasteiger partial charge in [-0.3, -0.25) is 0 Å². The molecule has 3 N–H and O–H groups in total. The minimum absolute atomic E-state index is 0.0340. The quantitative estimate of drug-likeness (QED) is 0.819. The highest BCUT2D eigenvalue weighted by atomic mass is 16.6. The van der Waals surface area contributed by atoms with Crippen molar-refractivity contribution in [3.63, 3.8) is 0 Å². The van der Waals surface area contributed by atoms with Crippen molar-refractivity contribution in [1.29, 1.82) is 0 Å². The van der Waals surface area contributed by atoms with E-state index in [4.69, 9.17) is 10.5 Å². The zero-order chi connectivity index (χ0) is 15.7. The molecule has 1 saturated carbocycles. The summed E-state index contributed by atoms with van der Waals surface area (Å²) in [5.41, 5.74) is 5.70. The van der Waals surface area contributed by atoms with Crippen molar-refractivity contribution < 1.29 is 14.6 Å². The molecule has 2 aliphatic rings. The third kappa shape index (κ3) is 3.69. The number of hydrogen-bond donors (Lipinski definition) is 2. The van der Waals surface area contributed by atoms with Crippen molar-refractivity contribution in [3.05, 3.63) is 0 Å². The molecule has 5 nitrogen and oxygen atoms in total. The molecule has 1 aliphatic carbocycles. The van der Waals surface area contributed by atoms with Gasteiger partial charge in [0.15, 0.2) is 0 Å². The van der Waals surface area contributed by atoms with Crippen LogP contribution in [0.1, 0.15) is 52.9 Å². The van der Waals surface area contributed by atoms with Crippen LogP contribution in [-0.2, 0) is 4.74 Å². The number of nitrogens with zero attached hydrogens (tertiary/aromatic N) is 1. The van der Waals surface area contributed by atoms with Gasteiger partial charge in [-0.2, -0.15) is 0 Å². The van der Waals surface area contributed by atoms with Crippen LogP contribution in [-0.4, -0.2) is 46.9 Å². The Kier molecular flexibility index (Phi) is 4.83. The van der Waals surface area contributed by atoms with Crippen LogP contribution < -0.4 is 5.73 Å². The van der Waals surface area contributed by atoms with Crippen LogP contribution in [0.5, 0.6) is 0 Å². The second-order valence-electron chi connectivity index (χ2n) is 7.69. The molecule has 0 radical (unpaired) electrons. The Hall–Kier alpha value is -0.810. The number of ether oxygens (including phenoxy) is 1. The number of carbonyl (C=O) groups excluding carboxylic acids is 1. The van der Waals surface area contributed by atoms with Gasteiger partial charge in [-0.15, -0.1) is 0 Å². The lowest BCUT2D eigenvalue weighted by molar-refractivity contribution is 0.0273. The lowest BCUT2D eigenvalue weighted by Gasteiger charge is -2.40. The number of amides is 1. The molecule has 0 aromatic rings. The van der Waals surface area contributed by atoms with E-state index in [0.29, 0.717) is 19.0 Å². The van der Waals surface area contributed by atoms with E-state index in [1.54, 1.807) is 4.90 Å². The Bertz CT molecular complexity index is 374. The van der Waals surface area contributed by atoms with Crippen molar-refractivity contribution >= 4 is 6.09 Å². The Morgan fingerprint density at radius 3 is 2.48 bits per heavy atom. The monoisotopic (exact) mass is 298 g/mol. The Balaban J connectivity index is 2.07. The molecule has 1 aliphatic heterocycles. The lowest BCUT2D eigenvalue weighted by atomic mass is 9.70. The molecule has 0 aromatic heterocycles. The minimum Gasteiger partial charge on any atom is -0.444 e. The van der Waals surface area contributed by atoms with Crippen LogP contribution in [0.15, 0.2) is 0 Å². The van der Waals surface area contributed by atoms with Gasteiger partial charge in [0.1, 0.15) is 5.60 Å². The van der Waals surface area contributed by atoms with Crippen molar-refractivity contribution in [2.75, 3.05) is 19.7 Å². The van der Waals surface area contributed by atoms with E-state index < -0.39 is 11.1 Å². The average molecular weight is 298 g/mol. The Labute approximate surface area is 127 Å². The van der Waals surface area contributed by atoms with Gasteiger partial charge in [-0.25, -0.2) is 4.79 Å². The van der Waals surface area contributed by atoms with Crippen LogP contribution in [0.4, 0.5) is 4.79 Å². The van der Waals surface area contributed by atoms with Gasteiger partial charge in [0.2, 0.25) is 0 Å². The van der Waals surface area contributed by atoms with Crippen molar-refractivity contribution in [3.8, 4) is 0 Å². The Morgan fingerprint density at radius 2 is 1.95 bits per heavy atom. The number of rotatable bonds is 2. The lowest BCUT2D eigenvalue weighted by Crippen LogP contribution is -2.55. The number of nitrogens with two attached hydrogens (primary N) is 1. The summed E-state index contributed by atoms with van der Waals surface area (Å²) >= 11 is 0. The van der Waals surface area contributed by atoms with Crippen LogP contribution in [0, 0.1) is 11.8 Å². The molecule has 1 amide bonds. The van der Waals surface area contributed by atoms with Crippen LogP contribution in [0.2, 0.25) is 0 Å². The summed E-state index contributed by atoms with van der Waals surface area (Å²) in [6.45, 7) is 6.62. The highest BCUT2D eigenvalue weighted by Gasteiger charge is 2.50. The molecule has 1 heterocycles. The van der Waals surface area contributed by atoms with Gasteiger partial charge in [0.05, 0.1) is 0 Å². The average Bonchev–Trinajstić information content (AvgIpc) is 2.76. The van der Waals surface area contributed by atoms with E-state index in [1.807, 2.05) is 20.8 Å². The largest absolute Gasteiger partial charge is 0.444 e. The topological polar surface area (TPSA) is 75.8 Å². The fourth-order valence-electron chi connectivity index (χ4n) is 3.76. The van der Waals surface area contributed by atoms with E-state index >= 15 is 0 Å². The molecule has 2 rings (SSSR count). The van der Waals surface area contributed by atoms with E-state index in [-0.39, 0.29) is 18.6 Å². The zero-order valence-electron chi connectivity index (χ0n) is 13.6. The van der Waals surface area contributed by atoms with Gasteiger partial charge >= 0.3 is 6.09 Å². The first-order chi connectivity index (χ1) is 9.76. The number of aliphatic hydroxyl groups is 1. The molecule has 122 valence electrons. The third-order valence-electron chi connectivity index (χ3n) is 4.90. The standard InChI is InChI=1S/C16H30N2O3/c1-15(2,3)21-14(20)18-9-13(10-19)16(17,11-18)12-7-5-4-6-8-12/h12-13,19H,4-11,17H2,1-3H3/t13-,16+/m0/s1. The van der Waals surface area contributed by atoms with Gasteiger partial charge in [-0.1, -0.05) is 19.3 Å². The molecular weight excluding hydrogens is 268 g/mol. The van der Waals surface area contributed by atoms with Gasteiger partial charge < -0.3 is 20.5 Å². The smallest absolute Gasteiger partial charge is 0.410 e. The summed E-state index contributed by atoms with van der Waals surface area (Å²) in [7, 11) is 0. The summed E-state index contributed by atoms with van der Waals surface area (Å²) in [5, 5.41) is 9.71. The van der Waals surface area contributed by atoms with Crippen molar-refractivity contribution in [2.45, 2.75) is 64.0 Å². The molecule has 0 spiro atoms. The SMILES string of the molecule is CC(C)(C)OC(=O)N1C[C@@H](CO)[C@](N)(C2CCCCC2)C1. The maximum absolute atomic E-state index is 12.3. The van der Waals surface area contributed by atoms with Crippen molar-refractivity contribution in [1.82, 2.24) is 4.90 Å². The molecule has 21 heavy (non-hydrogen) atoms. The van der Waals surface area contributed by atoms with E-state index in [1.165, 1.54) is 19.3 Å². The van der Waals surface area contributed by atoms with Crippen LogP contribution in [0.25, 0.3) is 0 Å². The van der Waals surface area contributed by atoms with E-state index in [0.717, 1.165) is 12.8 Å². The highest BCUT2D eigenvalue weighted by Crippen LogP contribution is 2.40. The molecule has 1 saturated heterocycles. The maximum atomic E-state index is 12.3. The number of hydrogen-bond acceptors (Lipinski definition) is 4. The Morgan fingerprint density at radius 1 is 1.33 bits per heavy atom. The summed E-state index contributed by atoms with van der Waals surface area (Å²) in [6, 6.07) is 0. The van der Waals surface area contributed by atoms with Crippen LogP contribution >= 0.6 is 0 Å². The maximum Gasteiger partial charge on any atom is 0.410 e. The fraction of sp³-hybridized carbons (Fsp3) is 0.938. The van der Waals surface area contributed by atoms with E-state index in [2.05, 4.69) is 0 Å². The third-order valence-corrected chi connectivity index (χ3v) is 4.90. The van der Waals surface area contributed by atoms with Crippen molar-refractivity contribution in [2.24, 2.45) is 17.6 Å². The normalized spacial score (nSPS) is 31.5. The van der Waals surface area contributed by atoms with Gasteiger partial charge in [0, 0.05) is 31.2 Å². The fourth-order valence-corrected chi connectivity index (χ4v) is 3.76. The van der Waals surface area contributed by atoms with Crippen LogP contribution in [0.3, 0.4) is 0 Å². The van der Waals surface area contributed by atoms with Gasteiger partial charge in [0.25, 0.3) is 0 Å².